The van der Waals surface area contributed by atoms with Gasteiger partial charge in [0.25, 0.3) is 5.91 Å². The molecule has 1 saturated heterocycles. The molecule has 1 amide bonds. The van der Waals surface area contributed by atoms with Gasteiger partial charge < -0.3 is 15.0 Å². The summed E-state index contributed by atoms with van der Waals surface area (Å²) in [5, 5.41) is 3.78. The molecule has 1 fully saturated rings. The number of carbonyl (C=O) groups excluding carboxylic acids is 1. The third-order valence-electron chi connectivity index (χ3n) is 3.27. The summed E-state index contributed by atoms with van der Waals surface area (Å²) in [5.41, 5.74) is 0. The Morgan fingerprint density at radius 2 is 2.20 bits per heavy atom. The molecule has 6 heteroatoms. The Balaban J connectivity index is 0.00000200. The van der Waals surface area contributed by atoms with Gasteiger partial charge in [-0.2, -0.15) is 0 Å². The zero-order valence-electron chi connectivity index (χ0n) is 11.6. The molecule has 2 atom stereocenters. The first-order valence-corrected chi connectivity index (χ1v) is 6.90. The van der Waals surface area contributed by atoms with Crippen molar-refractivity contribution in [2.45, 2.75) is 26.0 Å². The summed E-state index contributed by atoms with van der Waals surface area (Å²) < 4.78 is 5.66. The number of carbonyl (C=O) groups is 1. The van der Waals surface area contributed by atoms with Crippen LogP contribution in [0.3, 0.4) is 0 Å². The van der Waals surface area contributed by atoms with Gasteiger partial charge in [0.1, 0.15) is 5.75 Å². The third kappa shape index (κ3) is 4.01. The molecule has 0 aliphatic carbocycles. The van der Waals surface area contributed by atoms with Crippen molar-refractivity contribution in [3.63, 3.8) is 0 Å². The maximum absolute atomic E-state index is 12.4. The maximum atomic E-state index is 12.4. The minimum Gasteiger partial charge on any atom is -0.479 e. The van der Waals surface area contributed by atoms with Gasteiger partial charge in [-0.05, 0) is 26.0 Å². The quantitative estimate of drug-likeness (QED) is 0.930. The van der Waals surface area contributed by atoms with Crippen molar-refractivity contribution in [1.29, 1.82) is 0 Å². The molecule has 1 aromatic rings. The molecule has 0 spiro atoms. The molecule has 1 aliphatic rings. The molecule has 2 rings (SSSR count). The van der Waals surface area contributed by atoms with Gasteiger partial charge in [0.05, 0.1) is 5.02 Å². The van der Waals surface area contributed by atoms with Gasteiger partial charge in [0.2, 0.25) is 0 Å². The molecule has 1 aromatic carbocycles. The first-order chi connectivity index (χ1) is 9.09. The molecule has 1 heterocycles. The highest BCUT2D eigenvalue weighted by Gasteiger charge is 2.28. The Labute approximate surface area is 130 Å². The fourth-order valence-electron chi connectivity index (χ4n) is 2.18. The molecule has 4 nitrogen and oxygen atoms in total. The van der Waals surface area contributed by atoms with Crippen molar-refractivity contribution < 1.29 is 9.53 Å². The van der Waals surface area contributed by atoms with Crippen molar-refractivity contribution in [3.05, 3.63) is 29.3 Å². The largest absolute Gasteiger partial charge is 0.479 e. The molecule has 1 N–H and O–H groups in total. The smallest absolute Gasteiger partial charge is 0.263 e. The number of halogens is 2. The molecule has 112 valence electrons. The molecule has 0 aromatic heterocycles. The molecule has 1 aliphatic heterocycles. The minimum absolute atomic E-state index is 0. The van der Waals surface area contributed by atoms with E-state index in [0.29, 0.717) is 10.8 Å². The number of nitrogens with zero attached hydrogens (tertiary/aromatic N) is 1. The van der Waals surface area contributed by atoms with Crippen molar-refractivity contribution in [3.8, 4) is 5.75 Å². The van der Waals surface area contributed by atoms with Gasteiger partial charge in [-0.1, -0.05) is 23.7 Å². The molecule has 20 heavy (non-hydrogen) atoms. The van der Waals surface area contributed by atoms with Crippen LogP contribution in [0.4, 0.5) is 0 Å². The second kappa shape index (κ2) is 7.72. The number of hydrogen-bond acceptors (Lipinski definition) is 3. The molecular weight excluding hydrogens is 299 g/mol. The third-order valence-corrected chi connectivity index (χ3v) is 3.58. The number of nitrogens with one attached hydrogen (secondary N) is 1. The molecule has 0 radical (unpaired) electrons. The Kier molecular flexibility index (Phi) is 6.59. The first-order valence-electron chi connectivity index (χ1n) is 6.52. The van der Waals surface area contributed by atoms with Crippen molar-refractivity contribution in [2.24, 2.45) is 0 Å². The summed E-state index contributed by atoms with van der Waals surface area (Å²) in [4.78, 5) is 14.2. The van der Waals surface area contributed by atoms with Crippen LogP contribution in [0, 0.1) is 0 Å². The molecular formula is C14H20Cl2N2O2. The van der Waals surface area contributed by atoms with Crippen LogP contribution < -0.4 is 10.1 Å². The average molecular weight is 319 g/mol. The van der Waals surface area contributed by atoms with E-state index in [1.165, 1.54) is 0 Å². The van der Waals surface area contributed by atoms with E-state index in [1.54, 1.807) is 19.1 Å². The van der Waals surface area contributed by atoms with Crippen molar-refractivity contribution >= 4 is 29.9 Å². The number of benzene rings is 1. The Morgan fingerprint density at radius 3 is 2.85 bits per heavy atom. The highest BCUT2D eigenvalue weighted by molar-refractivity contribution is 6.32. The normalized spacial score (nSPS) is 19.9. The molecule has 0 bridgehead atoms. The van der Waals surface area contributed by atoms with Gasteiger partial charge in [-0.15, -0.1) is 12.4 Å². The van der Waals surface area contributed by atoms with Crippen LogP contribution in [0.5, 0.6) is 5.75 Å². The summed E-state index contributed by atoms with van der Waals surface area (Å²) >= 11 is 6.03. The number of amides is 1. The van der Waals surface area contributed by atoms with Crippen LogP contribution in [0.1, 0.15) is 13.8 Å². The van der Waals surface area contributed by atoms with Crippen molar-refractivity contribution in [1.82, 2.24) is 10.2 Å². The van der Waals surface area contributed by atoms with Crippen LogP contribution in [-0.4, -0.2) is 42.6 Å². The number of ether oxygens (including phenoxy) is 1. The van der Waals surface area contributed by atoms with Crippen LogP contribution in [0.15, 0.2) is 24.3 Å². The Hall–Kier alpha value is -0.970. The van der Waals surface area contributed by atoms with E-state index in [0.717, 1.165) is 19.6 Å². The van der Waals surface area contributed by atoms with Gasteiger partial charge in [-0.25, -0.2) is 0 Å². The lowest BCUT2D eigenvalue weighted by Crippen LogP contribution is -2.55. The van der Waals surface area contributed by atoms with Crippen LogP contribution in [-0.2, 0) is 4.79 Å². The Morgan fingerprint density at radius 1 is 1.50 bits per heavy atom. The number of rotatable bonds is 3. The lowest BCUT2D eigenvalue weighted by atomic mass is 10.2. The topological polar surface area (TPSA) is 41.6 Å². The monoisotopic (exact) mass is 318 g/mol. The maximum Gasteiger partial charge on any atom is 0.263 e. The van der Waals surface area contributed by atoms with Gasteiger partial charge in [0, 0.05) is 25.7 Å². The van der Waals surface area contributed by atoms with E-state index in [4.69, 9.17) is 16.3 Å². The number of hydrogen-bond donors (Lipinski definition) is 1. The van der Waals surface area contributed by atoms with E-state index in [9.17, 15) is 4.79 Å². The lowest BCUT2D eigenvalue weighted by Gasteiger charge is -2.35. The zero-order valence-corrected chi connectivity index (χ0v) is 13.2. The molecule has 0 saturated carbocycles. The fraction of sp³-hybridized carbons (Fsp3) is 0.500. The van der Waals surface area contributed by atoms with Crippen LogP contribution >= 0.6 is 24.0 Å². The first kappa shape index (κ1) is 17.1. The second-order valence-corrected chi connectivity index (χ2v) is 5.18. The predicted molar refractivity (Wildman–Crippen MR) is 82.8 cm³/mol. The standard InChI is InChI=1S/C14H19ClN2O2.ClH/c1-10-9-16-7-8-17(10)14(18)11(2)19-13-6-4-3-5-12(13)15;/h3-6,10-11,16H,7-9H2,1-2H3;1H/t10-,11?;/m1./s1. The summed E-state index contributed by atoms with van der Waals surface area (Å²) in [5.74, 6) is 0.557. The minimum atomic E-state index is -0.527. The van der Waals surface area contributed by atoms with Crippen molar-refractivity contribution in [2.75, 3.05) is 19.6 Å². The van der Waals surface area contributed by atoms with E-state index in [1.807, 2.05) is 24.0 Å². The van der Waals surface area contributed by atoms with Gasteiger partial charge in [0.15, 0.2) is 6.10 Å². The summed E-state index contributed by atoms with van der Waals surface area (Å²) in [6.45, 7) is 6.17. The number of para-hydroxylation sites is 1. The predicted octanol–water partition coefficient (Wildman–Crippen LogP) is 2.35. The molecule has 1 unspecified atom stereocenters. The van der Waals surface area contributed by atoms with Gasteiger partial charge >= 0.3 is 0 Å². The second-order valence-electron chi connectivity index (χ2n) is 4.78. The SMILES string of the molecule is CC(Oc1ccccc1Cl)C(=O)N1CCNC[C@H]1C.Cl. The summed E-state index contributed by atoms with van der Waals surface area (Å²) in [6.07, 6.45) is -0.527. The van der Waals surface area contributed by atoms with Crippen LogP contribution in [0.2, 0.25) is 5.02 Å². The average Bonchev–Trinajstić information content (AvgIpc) is 2.41. The lowest BCUT2D eigenvalue weighted by molar-refractivity contribution is -0.140. The van der Waals surface area contributed by atoms with E-state index in [2.05, 4.69) is 5.32 Å². The van der Waals surface area contributed by atoms with E-state index < -0.39 is 6.10 Å². The summed E-state index contributed by atoms with van der Waals surface area (Å²) in [7, 11) is 0. The zero-order chi connectivity index (χ0) is 13.8. The highest BCUT2D eigenvalue weighted by Crippen LogP contribution is 2.24. The van der Waals surface area contributed by atoms with E-state index >= 15 is 0 Å². The number of piperazine rings is 1. The fourth-order valence-corrected chi connectivity index (χ4v) is 2.36. The highest BCUT2D eigenvalue weighted by atomic mass is 35.5. The van der Waals surface area contributed by atoms with Gasteiger partial charge in [-0.3, -0.25) is 4.79 Å². The van der Waals surface area contributed by atoms with Crippen LogP contribution in [0.25, 0.3) is 0 Å². The Bertz CT molecular complexity index is 457. The van der Waals surface area contributed by atoms with E-state index in [-0.39, 0.29) is 24.4 Å². The summed E-state index contributed by atoms with van der Waals surface area (Å²) in [6, 6.07) is 7.39.